The van der Waals surface area contributed by atoms with Crippen LogP contribution in [0.1, 0.15) is 32.3 Å². The number of rotatable bonds is 11. The molecule has 30 heavy (non-hydrogen) atoms. The minimum absolute atomic E-state index is 0.101. The van der Waals surface area contributed by atoms with Crippen molar-refractivity contribution in [2.45, 2.75) is 44.2 Å². The van der Waals surface area contributed by atoms with Gasteiger partial charge in [-0.1, -0.05) is 37.1 Å². The second-order valence-electron chi connectivity index (χ2n) is 6.94. The Morgan fingerprint density at radius 2 is 1.93 bits per heavy atom. The van der Waals surface area contributed by atoms with Crippen LogP contribution in [-0.2, 0) is 16.1 Å². The van der Waals surface area contributed by atoms with Crippen LogP contribution in [0.3, 0.4) is 0 Å². The molecule has 0 bridgehead atoms. The van der Waals surface area contributed by atoms with Crippen LogP contribution in [0.2, 0.25) is 5.02 Å². The number of amides is 2. The summed E-state index contributed by atoms with van der Waals surface area (Å²) in [5.41, 5.74) is 0.910. The van der Waals surface area contributed by atoms with Gasteiger partial charge in [0, 0.05) is 23.0 Å². The van der Waals surface area contributed by atoms with Gasteiger partial charge in [0.25, 0.3) is 0 Å². The van der Waals surface area contributed by atoms with Crippen molar-refractivity contribution in [2.24, 2.45) is 0 Å². The van der Waals surface area contributed by atoms with E-state index in [1.165, 1.54) is 11.8 Å². The van der Waals surface area contributed by atoms with E-state index in [0.29, 0.717) is 18.1 Å². The molecule has 1 N–H and O–H groups in total. The van der Waals surface area contributed by atoms with Crippen molar-refractivity contribution < 1.29 is 14.3 Å². The predicted octanol–water partition coefficient (Wildman–Crippen LogP) is 4.77. The van der Waals surface area contributed by atoms with Gasteiger partial charge in [-0.15, -0.1) is 11.8 Å². The Balaban J connectivity index is 2.12. The zero-order valence-corrected chi connectivity index (χ0v) is 19.3. The number of carbonyl (C=O) groups excluding carboxylic acids is 2. The number of carbonyl (C=O) groups is 2. The highest BCUT2D eigenvalue weighted by Gasteiger charge is 2.26. The molecule has 2 aromatic rings. The molecule has 0 aliphatic rings. The van der Waals surface area contributed by atoms with Crippen LogP contribution in [0.15, 0.2) is 53.4 Å². The molecule has 162 valence electrons. The third-order valence-electron chi connectivity index (χ3n) is 4.66. The number of nitrogens with one attached hydrogen (secondary N) is 1. The van der Waals surface area contributed by atoms with Crippen LogP contribution in [0, 0.1) is 0 Å². The fraction of sp³-hybridized carbons (Fsp3) is 0.391. The van der Waals surface area contributed by atoms with Gasteiger partial charge in [0.05, 0.1) is 12.9 Å². The Hall–Kier alpha value is -2.18. The predicted molar refractivity (Wildman–Crippen MR) is 123 cm³/mol. The molecule has 0 spiro atoms. The first-order valence-corrected chi connectivity index (χ1v) is 11.4. The lowest BCUT2D eigenvalue weighted by Crippen LogP contribution is -2.48. The fourth-order valence-corrected chi connectivity index (χ4v) is 3.76. The Morgan fingerprint density at radius 3 is 2.60 bits per heavy atom. The first kappa shape index (κ1) is 24.1. The lowest BCUT2D eigenvalue weighted by atomic mass is 10.1. The van der Waals surface area contributed by atoms with Crippen molar-refractivity contribution in [1.82, 2.24) is 10.2 Å². The SMILES string of the molecule is CCCCNC(=O)C(C)N(Cc1cccc(OC)c1)C(=O)CSc1ccc(Cl)cc1. The van der Waals surface area contributed by atoms with Gasteiger partial charge in [0.2, 0.25) is 11.8 Å². The average molecular weight is 449 g/mol. The molecule has 1 atom stereocenters. The van der Waals surface area contributed by atoms with Gasteiger partial charge in [-0.2, -0.15) is 0 Å². The lowest BCUT2D eigenvalue weighted by Gasteiger charge is -2.29. The number of hydrogen-bond acceptors (Lipinski definition) is 4. The summed E-state index contributed by atoms with van der Waals surface area (Å²) in [6.07, 6.45) is 1.91. The van der Waals surface area contributed by atoms with E-state index >= 15 is 0 Å². The summed E-state index contributed by atoms with van der Waals surface area (Å²) in [5.74, 6) is 0.709. The van der Waals surface area contributed by atoms with Crippen LogP contribution in [0.5, 0.6) is 5.75 Å². The maximum absolute atomic E-state index is 13.1. The highest BCUT2D eigenvalue weighted by atomic mass is 35.5. The molecule has 1 unspecified atom stereocenters. The molecule has 0 aromatic heterocycles. The molecule has 0 aliphatic heterocycles. The molecule has 0 heterocycles. The van der Waals surface area contributed by atoms with E-state index in [0.717, 1.165) is 29.1 Å². The fourth-order valence-electron chi connectivity index (χ4n) is 2.85. The van der Waals surface area contributed by atoms with Crippen LogP contribution < -0.4 is 10.1 Å². The lowest BCUT2D eigenvalue weighted by molar-refractivity contribution is -0.138. The minimum atomic E-state index is -0.577. The molecular formula is C23H29ClN2O3S. The molecule has 0 radical (unpaired) electrons. The van der Waals surface area contributed by atoms with Gasteiger partial charge in [-0.25, -0.2) is 0 Å². The molecule has 5 nitrogen and oxygen atoms in total. The van der Waals surface area contributed by atoms with E-state index in [9.17, 15) is 9.59 Å². The van der Waals surface area contributed by atoms with E-state index in [1.807, 2.05) is 36.4 Å². The second kappa shape index (κ2) is 12.5. The zero-order chi connectivity index (χ0) is 21.9. The minimum Gasteiger partial charge on any atom is -0.497 e. The van der Waals surface area contributed by atoms with E-state index in [4.69, 9.17) is 16.3 Å². The Morgan fingerprint density at radius 1 is 1.20 bits per heavy atom. The number of hydrogen-bond donors (Lipinski definition) is 1. The molecule has 2 aromatic carbocycles. The molecule has 0 saturated carbocycles. The number of unbranched alkanes of at least 4 members (excludes halogenated alkanes) is 1. The summed E-state index contributed by atoms with van der Waals surface area (Å²) >= 11 is 7.36. The average Bonchev–Trinajstić information content (AvgIpc) is 2.76. The third-order valence-corrected chi connectivity index (χ3v) is 5.91. The maximum Gasteiger partial charge on any atom is 0.242 e. The van der Waals surface area contributed by atoms with Gasteiger partial charge >= 0.3 is 0 Å². The quantitative estimate of drug-likeness (QED) is 0.397. The molecule has 0 aliphatic carbocycles. The summed E-state index contributed by atoms with van der Waals surface area (Å²) in [7, 11) is 1.61. The molecular weight excluding hydrogens is 420 g/mol. The normalized spacial score (nSPS) is 11.6. The highest BCUT2D eigenvalue weighted by Crippen LogP contribution is 2.22. The maximum atomic E-state index is 13.1. The number of nitrogens with zero attached hydrogens (tertiary/aromatic N) is 1. The van der Waals surface area contributed by atoms with Crippen LogP contribution >= 0.6 is 23.4 Å². The third kappa shape index (κ3) is 7.58. The van der Waals surface area contributed by atoms with Crippen LogP contribution in [0.25, 0.3) is 0 Å². The van der Waals surface area contributed by atoms with Crippen LogP contribution in [-0.4, -0.2) is 42.2 Å². The molecule has 7 heteroatoms. The van der Waals surface area contributed by atoms with E-state index in [-0.39, 0.29) is 17.6 Å². The number of thioether (sulfide) groups is 1. The number of ether oxygens (including phenoxy) is 1. The van der Waals surface area contributed by atoms with Crippen molar-refractivity contribution in [1.29, 1.82) is 0 Å². The largest absolute Gasteiger partial charge is 0.497 e. The Bertz CT molecular complexity index is 829. The number of benzene rings is 2. The van der Waals surface area contributed by atoms with Crippen molar-refractivity contribution in [2.75, 3.05) is 19.4 Å². The van der Waals surface area contributed by atoms with Gasteiger partial charge in [0.15, 0.2) is 0 Å². The monoisotopic (exact) mass is 448 g/mol. The number of halogens is 1. The zero-order valence-electron chi connectivity index (χ0n) is 17.7. The highest BCUT2D eigenvalue weighted by molar-refractivity contribution is 8.00. The smallest absolute Gasteiger partial charge is 0.242 e. The van der Waals surface area contributed by atoms with E-state index in [1.54, 1.807) is 31.1 Å². The molecule has 0 saturated heterocycles. The van der Waals surface area contributed by atoms with Gasteiger partial charge in [-0.3, -0.25) is 9.59 Å². The molecule has 2 rings (SSSR count). The van der Waals surface area contributed by atoms with Gasteiger partial charge < -0.3 is 15.0 Å². The summed E-state index contributed by atoms with van der Waals surface area (Å²) < 4.78 is 5.29. The van der Waals surface area contributed by atoms with Crippen LogP contribution in [0.4, 0.5) is 0 Å². The van der Waals surface area contributed by atoms with Crippen molar-refractivity contribution >= 4 is 35.2 Å². The number of methoxy groups -OCH3 is 1. The summed E-state index contributed by atoms with van der Waals surface area (Å²) in [6, 6.07) is 14.3. The molecule has 0 fully saturated rings. The summed E-state index contributed by atoms with van der Waals surface area (Å²) in [5, 5.41) is 3.58. The Labute approximate surface area is 188 Å². The van der Waals surface area contributed by atoms with E-state index < -0.39 is 6.04 Å². The topological polar surface area (TPSA) is 58.6 Å². The standard InChI is InChI=1S/C23H29ClN2O3S/c1-4-5-13-25-23(28)17(2)26(15-18-7-6-8-20(14-18)29-3)22(27)16-30-21-11-9-19(24)10-12-21/h6-12,14,17H,4-5,13,15-16H2,1-3H3,(H,25,28). The Kier molecular flexibility index (Phi) is 10.0. The summed E-state index contributed by atoms with van der Waals surface area (Å²) in [4.78, 5) is 28.3. The molecule has 2 amide bonds. The first-order valence-electron chi connectivity index (χ1n) is 10.0. The van der Waals surface area contributed by atoms with Crippen molar-refractivity contribution in [3.8, 4) is 5.75 Å². The first-order chi connectivity index (χ1) is 14.4. The second-order valence-corrected chi connectivity index (χ2v) is 8.42. The van der Waals surface area contributed by atoms with E-state index in [2.05, 4.69) is 12.2 Å². The van der Waals surface area contributed by atoms with Gasteiger partial charge in [0.1, 0.15) is 11.8 Å². The van der Waals surface area contributed by atoms with Crippen molar-refractivity contribution in [3.05, 3.63) is 59.1 Å². The summed E-state index contributed by atoms with van der Waals surface area (Å²) in [6.45, 7) is 4.79. The van der Waals surface area contributed by atoms with Crippen molar-refractivity contribution in [3.63, 3.8) is 0 Å². The van der Waals surface area contributed by atoms with Gasteiger partial charge in [-0.05, 0) is 55.3 Å².